The number of unbranched alkanes of at least 4 members (excludes halogenated alkanes) is 2. The van der Waals surface area contributed by atoms with E-state index in [0.29, 0.717) is 18.7 Å². The second-order valence-corrected chi connectivity index (χ2v) is 5.53. The highest BCUT2D eigenvalue weighted by Gasteiger charge is 2.04. The number of rotatable bonds is 10. The van der Waals surface area contributed by atoms with Gasteiger partial charge in [-0.05, 0) is 37.1 Å². The number of hydrogen-bond donors (Lipinski definition) is 3. The fourth-order valence-electron chi connectivity index (χ4n) is 1.66. The molecule has 22 heavy (non-hydrogen) atoms. The van der Waals surface area contributed by atoms with Gasteiger partial charge in [-0.25, -0.2) is 4.21 Å². The largest absolute Gasteiger partial charge is 0.484 e. The van der Waals surface area contributed by atoms with Crippen molar-refractivity contribution < 1.29 is 28.2 Å². The van der Waals surface area contributed by atoms with Gasteiger partial charge in [0, 0.05) is 13.0 Å². The average molecular weight is 329 g/mol. The Morgan fingerprint density at radius 2 is 1.82 bits per heavy atom. The lowest BCUT2D eigenvalue weighted by atomic mass is 10.2. The van der Waals surface area contributed by atoms with E-state index < -0.39 is 17.0 Å². The van der Waals surface area contributed by atoms with E-state index >= 15 is 0 Å². The molecule has 0 aliphatic rings. The number of benzene rings is 1. The second-order valence-electron chi connectivity index (χ2n) is 4.56. The first kappa shape index (κ1) is 18.1. The van der Waals surface area contributed by atoms with Crippen LogP contribution in [-0.4, -0.2) is 38.9 Å². The Balaban J connectivity index is 2.15. The van der Waals surface area contributed by atoms with Crippen LogP contribution in [0.4, 0.5) is 0 Å². The number of aliphatic carboxylic acids is 1. The van der Waals surface area contributed by atoms with Gasteiger partial charge in [0.2, 0.25) is 0 Å². The minimum atomic E-state index is -2.03. The molecule has 0 saturated carbocycles. The minimum absolute atomic E-state index is 0.142. The van der Waals surface area contributed by atoms with E-state index in [9.17, 15) is 13.8 Å². The standard InChI is InChI=1S/C14H19NO6S/c16-13(15-9-3-1-2-4-14(17)18)10-21-11-5-7-12(8-6-11)22(19)20/h5-8H,1-4,9-10H2,(H,15,16)(H,17,18)(H,19,20). The van der Waals surface area contributed by atoms with Gasteiger partial charge in [0.15, 0.2) is 17.7 Å². The number of carboxylic acid groups (broad SMARTS) is 1. The highest BCUT2D eigenvalue weighted by molar-refractivity contribution is 7.79. The van der Waals surface area contributed by atoms with Crippen molar-refractivity contribution in [3.63, 3.8) is 0 Å². The van der Waals surface area contributed by atoms with E-state index in [1.165, 1.54) is 24.3 Å². The maximum absolute atomic E-state index is 11.5. The van der Waals surface area contributed by atoms with Crippen LogP contribution in [0.3, 0.4) is 0 Å². The first-order chi connectivity index (χ1) is 10.5. The Labute approximate surface area is 131 Å². The minimum Gasteiger partial charge on any atom is -0.484 e. The molecular formula is C14H19NO6S. The quantitative estimate of drug-likeness (QED) is 0.442. The van der Waals surface area contributed by atoms with E-state index in [2.05, 4.69) is 5.32 Å². The Morgan fingerprint density at radius 1 is 1.14 bits per heavy atom. The lowest BCUT2D eigenvalue weighted by Gasteiger charge is -2.07. The third-order valence-electron chi connectivity index (χ3n) is 2.78. The molecule has 1 unspecified atom stereocenters. The Kier molecular flexibility index (Phi) is 8.16. The van der Waals surface area contributed by atoms with Crippen molar-refractivity contribution in [1.29, 1.82) is 0 Å². The van der Waals surface area contributed by atoms with Gasteiger partial charge in [-0.2, -0.15) is 0 Å². The number of amides is 1. The molecule has 0 saturated heterocycles. The molecule has 122 valence electrons. The summed E-state index contributed by atoms with van der Waals surface area (Å²) in [6.45, 7) is 0.334. The van der Waals surface area contributed by atoms with E-state index in [-0.39, 0.29) is 23.8 Å². The van der Waals surface area contributed by atoms with E-state index in [1.54, 1.807) is 0 Å². The van der Waals surface area contributed by atoms with Gasteiger partial charge in [0.05, 0.1) is 4.90 Å². The van der Waals surface area contributed by atoms with Crippen molar-refractivity contribution in [3.05, 3.63) is 24.3 Å². The first-order valence-electron chi connectivity index (χ1n) is 6.81. The number of carbonyl (C=O) groups is 2. The molecule has 7 nitrogen and oxygen atoms in total. The molecule has 1 rings (SSSR count). The maximum Gasteiger partial charge on any atom is 0.303 e. The van der Waals surface area contributed by atoms with Gasteiger partial charge in [0.1, 0.15) is 5.75 Å². The van der Waals surface area contributed by atoms with E-state index in [1.807, 2.05) is 0 Å². The normalized spacial score (nSPS) is 11.7. The Morgan fingerprint density at radius 3 is 2.41 bits per heavy atom. The molecule has 0 bridgehead atoms. The highest BCUT2D eigenvalue weighted by atomic mass is 32.2. The zero-order valence-electron chi connectivity index (χ0n) is 12.0. The van der Waals surface area contributed by atoms with Gasteiger partial charge in [-0.15, -0.1) is 0 Å². The van der Waals surface area contributed by atoms with Gasteiger partial charge in [-0.3, -0.25) is 9.59 Å². The van der Waals surface area contributed by atoms with Gasteiger partial charge >= 0.3 is 5.97 Å². The van der Waals surface area contributed by atoms with Crippen LogP contribution in [-0.2, 0) is 20.7 Å². The second kappa shape index (κ2) is 9.91. The van der Waals surface area contributed by atoms with Crippen molar-refractivity contribution in [1.82, 2.24) is 5.32 Å². The molecule has 3 N–H and O–H groups in total. The first-order valence-corrected chi connectivity index (χ1v) is 7.92. The van der Waals surface area contributed by atoms with Gasteiger partial charge < -0.3 is 19.7 Å². The molecule has 0 fully saturated rings. The van der Waals surface area contributed by atoms with Crippen LogP contribution in [0.5, 0.6) is 5.75 Å². The third kappa shape index (κ3) is 7.75. The lowest BCUT2D eigenvalue weighted by molar-refractivity contribution is -0.137. The number of carboxylic acids is 1. The number of ether oxygens (including phenoxy) is 1. The van der Waals surface area contributed by atoms with Crippen molar-refractivity contribution >= 4 is 23.0 Å². The smallest absolute Gasteiger partial charge is 0.303 e. The van der Waals surface area contributed by atoms with E-state index in [4.69, 9.17) is 14.4 Å². The monoisotopic (exact) mass is 329 g/mol. The van der Waals surface area contributed by atoms with Crippen molar-refractivity contribution in [2.75, 3.05) is 13.2 Å². The molecule has 1 aromatic carbocycles. The number of hydrogen-bond acceptors (Lipinski definition) is 4. The number of nitrogens with one attached hydrogen (secondary N) is 1. The van der Waals surface area contributed by atoms with Crippen molar-refractivity contribution in [2.24, 2.45) is 0 Å². The molecule has 0 aromatic heterocycles. The highest BCUT2D eigenvalue weighted by Crippen LogP contribution is 2.13. The molecule has 0 radical (unpaired) electrons. The summed E-state index contributed by atoms with van der Waals surface area (Å²) in [5, 5.41) is 11.1. The fourth-order valence-corrected chi connectivity index (χ4v) is 2.03. The van der Waals surface area contributed by atoms with Crippen LogP contribution in [0.15, 0.2) is 29.2 Å². The maximum atomic E-state index is 11.5. The van der Waals surface area contributed by atoms with Crippen LogP contribution in [0.25, 0.3) is 0 Å². The zero-order valence-corrected chi connectivity index (χ0v) is 12.8. The van der Waals surface area contributed by atoms with Gasteiger partial charge in [-0.1, -0.05) is 6.42 Å². The summed E-state index contributed by atoms with van der Waals surface area (Å²) in [6, 6.07) is 5.93. The molecule has 8 heteroatoms. The predicted octanol–water partition coefficient (Wildman–Crippen LogP) is 1.41. The fraction of sp³-hybridized carbons (Fsp3) is 0.429. The molecule has 0 heterocycles. The van der Waals surface area contributed by atoms with Crippen LogP contribution in [0.2, 0.25) is 0 Å². The summed E-state index contributed by atoms with van der Waals surface area (Å²) in [4.78, 5) is 22.1. The molecular weight excluding hydrogens is 310 g/mol. The zero-order chi connectivity index (χ0) is 16.4. The molecule has 1 atom stereocenters. The SMILES string of the molecule is O=C(O)CCCCCNC(=O)COc1ccc(S(=O)O)cc1. The average Bonchev–Trinajstić information content (AvgIpc) is 2.48. The van der Waals surface area contributed by atoms with Gasteiger partial charge in [0.25, 0.3) is 5.91 Å². The Bertz CT molecular complexity index is 517. The topological polar surface area (TPSA) is 113 Å². The van der Waals surface area contributed by atoms with Crippen molar-refractivity contribution in [3.8, 4) is 5.75 Å². The summed E-state index contributed by atoms with van der Waals surface area (Å²) in [6.07, 6.45) is 2.20. The molecule has 1 amide bonds. The summed E-state index contributed by atoms with van der Waals surface area (Å²) in [7, 11) is 0. The summed E-state index contributed by atoms with van der Waals surface area (Å²) in [5.41, 5.74) is 0. The molecule has 0 aliphatic carbocycles. The predicted molar refractivity (Wildman–Crippen MR) is 80.1 cm³/mol. The Hall–Kier alpha value is -1.93. The van der Waals surface area contributed by atoms with E-state index in [0.717, 1.165) is 12.8 Å². The molecule has 0 spiro atoms. The third-order valence-corrected chi connectivity index (χ3v) is 3.46. The van der Waals surface area contributed by atoms with Crippen LogP contribution < -0.4 is 10.1 Å². The van der Waals surface area contributed by atoms with Crippen LogP contribution in [0, 0.1) is 0 Å². The summed E-state index contributed by atoms with van der Waals surface area (Å²) in [5.74, 6) is -0.646. The molecule has 0 aliphatic heterocycles. The summed E-state index contributed by atoms with van der Waals surface area (Å²) >= 11 is -2.03. The van der Waals surface area contributed by atoms with Crippen LogP contribution >= 0.6 is 0 Å². The van der Waals surface area contributed by atoms with Crippen LogP contribution in [0.1, 0.15) is 25.7 Å². The van der Waals surface area contributed by atoms with Crippen molar-refractivity contribution in [2.45, 2.75) is 30.6 Å². The lowest BCUT2D eigenvalue weighted by Crippen LogP contribution is -2.29. The summed E-state index contributed by atoms with van der Waals surface area (Å²) < 4.78 is 24.9. The number of carbonyl (C=O) groups excluding carboxylic acids is 1. The molecule has 1 aromatic rings.